The molecule has 0 spiro atoms. The number of hydrogen-bond acceptors (Lipinski definition) is 6. The van der Waals surface area contributed by atoms with Crippen molar-refractivity contribution >= 4 is 46.7 Å². The van der Waals surface area contributed by atoms with E-state index in [0.717, 1.165) is 4.90 Å². The van der Waals surface area contributed by atoms with E-state index in [4.69, 9.17) is 32.7 Å². The van der Waals surface area contributed by atoms with Gasteiger partial charge in [0.25, 0.3) is 0 Å². The topological polar surface area (TPSA) is 65.5 Å². The largest absolute Gasteiger partial charge is 0.488 e. The van der Waals surface area contributed by atoms with Crippen molar-refractivity contribution in [1.82, 2.24) is 4.98 Å². The summed E-state index contributed by atoms with van der Waals surface area (Å²) in [5.74, 6) is 0.177. The molecule has 1 fully saturated rings. The van der Waals surface area contributed by atoms with Crippen LogP contribution in [0.2, 0.25) is 10.0 Å². The maximum atomic E-state index is 12.7. The number of ketones is 1. The number of hydrogen-bond donors (Lipinski definition) is 0. The Bertz CT molecular complexity index is 855. The molecule has 1 saturated heterocycles. The number of thioether (sulfide) groups is 1. The van der Waals surface area contributed by atoms with E-state index in [2.05, 4.69) is 4.98 Å². The van der Waals surface area contributed by atoms with Gasteiger partial charge in [-0.15, -0.1) is 11.8 Å². The van der Waals surface area contributed by atoms with Gasteiger partial charge in [0, 0.05) is 41.3 Å². The minimum atomic E-state index is -0.272. The minimum Gasteiger partial charge on any atom is -0.488 e. The summed E-state index contributed by atoms with van der Waals surface area (Å²) in [6, 6.07) is 5.29. The van der Waals surface area contributed by atoms with Crippen LogP contribution in [0.4, 0.5) is 0 Å². The average Bonchev–Trinajstić information content (AvgIpc) is 2.64. The van der Waals surface area contributed by atoms with Crippen LogP contribution in [0.3, 0.4) is 0 Å². The molecule has 0 amide bonds. The Morgan fingerprint density at radius 2 is 2.07 bits per heavy atom. The molecule has 1 aliphatic rings. The zero-order valence-electron chi connectivity index (χ0n) is 14.5. The van der Waals surface area contributed by atoms with Gasteiger partial charge in [-0.1, -0.05) is 29.3 Å². The summed E-state index contributed by atoms with van der Waals surface area (Å²) in [5.41, 5.74) is 1.04. The van der Waals surface area contributed by atoms with Crippen molar-refractivity contribution in [2.45, 2.75) is 30.3 Å². The fourth-order valence-corrected chi connectivity index (χ4v) is 3.75. The number of rotatable bonds is 6. The van der Waals surface area contributed by atoms with Crippen molar-refractivity contribution < 1.29 is 19.1 Å². The standard InChI is InChI=1S/C19H17Cl2NO4S/c1-27-18-3-2-11(6-17(18)26-12-4-5-25-19(24)7-12)16(23)8-13-14(20)9-22-10-15(13)21/h2-3,6,9-10,12H,4-5,7-8H2,1H3. The number of cyclic esters (lactones) is 1. The lowest BCUT2D eigenvalue weighted by atomic mass is 10.0. The molecule has 0 radical (unpaired) electrons. The molecule has 1 aromatic carbocycles. The van der Waals surface area contributed by atoms with Crippen molar-refractivity contribution in [2.75, 3.05) is 12.9 Å². The molecule has 8 heteroatoms. The van der Waals surface area contributed by atoms with E-state index in [1.54, 1.807) is 12.1 Å². The predicted molar refractivity (Wildman–Crippen MR) is 105 cm³/mol. The lowest BCUT2D eigenvalue weighted by Gasteiger charge is -2.24. The fraction of sp³-hybridized carbons (Fsp3) is 0.316. The summed E-state index contributed by atoms with van der Waals surface area (Å²) in [6.45, 7) is 0.343. The minimum absolute atomic E-state index is 0.0635. The summed E-state index contributed by atoms with van der Waals surface area (Å²) < 4.78 is 10.9. The number of benzene rings is 1. The molecule has 0 aliphatic carbocycles. The van der Waals surface area contributed by atoms with Gasteiger partial charge in [0.1, 0.15) is 11.9 Å². The van der Waals surface area contributed by atoms with E-state index in [0.29, 0.717) is 39.9 Å². The van der Waals surface area contributed by atoms with Gasteiger partial charge in [0.15, 0.2) is 5.78 Å². The predicted octanol–water partition coefficient (Wildman–Crippen LogP) is 4.62. The van der Waals surface area contributed by atoms with Gasteiger partial charge in [-0.2, -0.15) is 0 Å². The highest BCUT2D eigenvalue weighted by Crippen LogP contribution is 2.32. The summed E-state index contributed by atoms with van der Waals surface area (Å²) in [6.07, 6.45) is 5.48. The van der Waals surface area contributed by atoms with Crippen molar-refractivity contribution in [1.29, 1.82) is 0 Å². The highest BCUT2D eigenvalue weighted by molar-refractivity contribution is 7.98. The van der Waals surface area contributed by atoms with Crippen LogP contribution in [-0.4, -0.2) is 35.7 Å². The SMILES string of the molecule is CSc1ccc(C(=O)Cc2c(Cl)cncc2Cl)cc1OC1CCOC(=O)C1. The Balaban J connectivity index is 1.81. The van der Waals surface area contributed by atoms with E-state index in [-0.39, 0.29) is 30.7 Å². The first-order valence-electron chi connectivity index (χ1n) is 8.29. The van der Waals surface area contributed by atoms with E-state index in [1.807, 2.05) is 12.3 Å². The molecule has 3 rings (SSSR count). The molecule has 142 valence electrons. The summed E-state index contributed by atoms with van der Waals surface area (Å²) in [5, 5.41) is 0.711. The maximum Gasteiger partial charge on any atom is 0.309 e. The highest BCUT2D eigenvalue weighted by atomic mass is 35.5. The molecule has 2 aromatic rings. The number of Topliss-reactive ketones (excluding diaryl/α,β-unsaturated/α-hetero) is 1. The number of halogens is 2. The Labute approximate surface area is 171 Å². The molecule has 0 saturated carbocycles. The second-order valence-corrected chi connectivity index (χ2v) is 7.66. The van der Waals surface area contributed by atoms with Crippen LogP contribution in [0.1, 0.15) is 28.8 Å². The van der Waals surface area contributed by atoms with Crippen LogP contribution >= 0.6 is 35.0 Å². The van der Waals surface area contributed by atoms with E-state index < -0.39 is 0 Å². The van der Waals surface area contributed by atoms with E-state index in [1.165, 1.54) is 24.2 Å². The molecule has 1 aromatic heterocycles. The van der Waals surface area contributed by atoms with Crippen molar-refractivity contribution in [2.24, 2.45) is 0 Å². The van der Waals surface area contributed by atoms with Gasteiger partial charge in [0.05, 0.1) is 23.1 Å². The molecule has 27 heavy (non-hydrogen) atoms. The number of carbonyl (C=O) groups is 2. The fourth-order valence-electron chi connectivity index (χ4n) is 2.74. The molecule has 1 atom stereocenters. The lowest BCUT2D eigenvalue weighted by Crippen LogP contribution is -2.29. The van der Waals surface area contributed by atoms with Gasteiger partial charge >= 0.3 is 5.97 Å². The smallest absolute Gasteiger partial charge is 0.309 e. The van der Waals surface area contributed by atoms with Gasteiger partial charge in [0.2, 0.25) is 0 Å². The monoisotopic (exact) mass is 425 g/mol. The van der Waals surface area contributed by atoms with Crippen LogP contribution in [0.25, 0.3) is 0 Å². The Kier molecular flexibility index (Phi) is 6.63. The Hall–Kier alpha value is -1.76. The quantitative estimate of drug-likeness (QED) is 0.382. The van der Waals surface area contributed by atoms with Crippen molar-refractivity contribution in [3.63, 3.8) is 0 Å². The number of pyridine rings is 1. The maximum absolute atomic E-state index is 12.7. The molecule has 0 N–H and O–H groups in total. The Morgan fingerprint density at radius 3 is 2.74 bits per heavy atom. The first-order chi connectivity index (χ1) is 13.0. The van der Waals surface area contributed by atoms with Crippen molar-refractivity contribution in [3.8, 4) is 5.75 Å². The van der Waals surface area contributed by atoms with E-state index >= 15 is 0 Å². The summed E-state index contributed by atoms with van der Waals surface area (Å²) in [4.78, 5) is 29.0. The number of esters is 1. The van der Waals surface area contributed by atoms with Gasteiger partial charge in [-0.25, -0.2) is 0 Å². The number of ether oxygens (including phenoxy) is 2. The third-order valence-corrected chi connectivity index (χ3v) is 5.59. The Morgan fingerprint density at radius 1 is 1.33 bits per heavy atom. The third-order valence-electron chi connectivity index (χ3n) is 4.17. The molecular formula is C19H17Cl2NO4S. The average molecular weight is 426 g/mol. The van der Waals surface area contributed by atoms with Crippen LogP contribution in [-0.2, 0) is 16.0 Å². The molecular weight excluding hydrogens is 409 g/mol. The zero-order valence-corrected chi connectivity index (χ0v) is 16.9. The van der Waals surface area contributed by atoms with Gasteiger partial charge in [-0.05, 0) is 18.4 Å². The molecule has 0 bridgehead atoms. The van der Waals surface area contributed by atoms with Gasteiger partial charge in [-0.3, -0.25) is 14.6 Å². The molecule has 1 aliphatic heterocycles. The first kappa shape index (κ1) is 20.0. The molecule has 1 unspecified atom stereocenters. The number of carbonyl (C=O) groups excluding carboxylic acids is 2. The van der Waals surface area contributed by atoms with Crippen LogP contribution in [0.5, 0.6) is 5.75 Å². The first-order valence-corrected chi connectivity index (χ1v) is 10.3. The summed E-state index contributed by atoms with van der Waals surface area (Å²) >= 11 is 13.7. The van der Waals surface area contributed by atoms with Crippen LogP contribution in [0, 0.1) is 0 Å². The van der Waals surface area contributed by atoms with Crippen LogP contribution in [0.15, 0.2) is 35.5 Å². The molecule has 5 nitrogen and oxygen atoms in total. The molecule has 2 heterocycles. The van der Waals surface area contributed by atoms with E-state index in [9.17, 15) is 9.59 Å². The zero-order chi connectivity index (χ0) is 19.4. The number of aromatic nitrogens is 1. The lowest BCUT2D eigenvalue weighted by molar-refractivity contribution is -0.150. The summed E-state index contributed by atoms with van der Waals surface area (Å²) in [7, 11) is 0. The highest BCUT2D eigenvalue weighted by Gasteiger charge is 2.24. The number of nitrogens with zero attached hydrogens (tertiary/aromatic N) is 1. The second kappa shape index (κ2) is 8.95. The third kappa shape index (κ3) is 4.94. The normalized spacial score (nSPS) is 16.7. The van der Waals surface area contributed by atoms with Crippen LogP contribution < -0.4 is 4.74 Å². The van der Waals surface area contributed by atoms with Crippen molar-refractivity contribution in [3.05, 3.63) is 51.8 Å². The second-order valence-electron chi connectivity index (χ2n) is 6.00. The van der Waals surface area contributed by atoms with Gasteiger partial charge < -0.3 is 9.47 Å².